The molecule has 0 amide bonds. The zero-order chi connectivity index (χ0) is 18.8. The summed E-state index contributed by atoms with van der Waals surface area (Å²) in [5.74, 6) is 0. The second-order valence-corrected chi connectivity index (χ2v) is 10.5. The summed E-state index contributed by atoms with van der Waals surface area (Å²) in [4.78, 5) is 0.246. The fourth-order valence-corrected chi connectivity index (χ4v) is 6.34. The first-order valence-electron chi connectivity index (χ1n) is 8.49. The van der Waals surface area contributed by atoms with Crippen molar-refractivity contribution < 1.29 is 21.0 Å². The van der Waals surface area contributed by atoms with Gasteiger partial charge in [-0.15, -0.1) is 0 Å². The van der Waals surface area contributed by atoms with Gasteiger partial charge in [0.15, 0.2) is 9.84 Å². The Labute approximate surface area is 155 Å². The van der Waals surface area contributed by atoms with Gasteiger partial charge >= 0.3 is 0 Å². The molecular formula is C19H22O5S2. The summed E-state index contributed by atoms with van der Waals surface area (Å²) >= 11 is 0. The van der Waals surface area contributed by atoms with Gasteiger partial charge in [0.1, 0.15) is 4.75 Å². The van der Waals surface area contributed by atoms with Crippen LogP contribution < -0.4 is 0 Å². The maximum Gasteiger partial charge on any atom is 0.264 e. The second kappa shape index (κ2) is 7.13. The summed E-state index contributed by atoms with van der Waals surface area (Å²) < 4.78 is 53.7. The molecule has 0 fully saturated rings. The van der Waals surface area contributed by atoms with Crippen molar-refractivity contribution in [3.8, 4) is 0 Å². The Balaban J connectivity index is 2.12. The molecule has 0 spiro atoms. The zero-order valence-corrected chi connectivity index (χ0v) is 16.2. The van der Waals surface area contributed by atoms with E-state index in [4.69, 9.17) is 4.18 Å². The molecule has 0 N–H and O–H groups in total. The van der Waals surface area contributed by atoms with E-state index in [9.17, 15) is 16.8 Å². The fraction of sp³-hybridized carbons (Fsp3) is 0.368. The Morgan fingerprint density at radius 1 is 0.962 bits per heavy atom. The molecule has 26 heavy (non-hydrogen) atoms. The third-order valence-electron chi connectivity index (χ3n) is 4.91. The van der Waals surface area contributed by atoms with Crippen LogP contribution in [-0.2, 0) is 35.3 Å². The van der Waals surface area contributed by atoms with Crippen LogP contribution in [0.1, 0.15) is 30.4 Å². The van der Waals surface area contributed by atoms with Crippen molar-refractivity contribution >= 4 is 20.0 Å². The standard InChI is InChI=1S/C19H22O5S2/c1-25(20,21)24-15-14-19(26(22,23)17-10-3-2-4-11-17)13-7-9-16-8-5-6-12-18(16)19/h2-6,8,10-12H,7,9,13-15H2,1H3. The predicted octanol–water partition coefficient (Wildman–Crippen LogP) is 3.06. The molecule has 1 unspecified atom stereocenters. The van der Waals surface area contributed by atoms with E-state index in [1.807, 2.05) is 24.3 Å². The molecule has 1 aliphatic carbocycles. The number of sulfone groups is 1. The third-order valence-corrected chi connectivity index (χ3v) is 8.05. The molecular weight excluding hydrogens is 372 g/mol. The van der Waals surface area contributed by atoms with E-state index in [1.54, 1.807) is 30.3 Å². The Hall–Kier alpha value is -1.70. The summed E-state index contributed by atoms with van der Waals surface area (Å²) in [6.45, 7) is -0.167. The lowest BCUT2D eigenvalue weighted by atomic mass is 9.80. The van der Waals surface area contributed by atoms with Crippen LogP contribution in [0.2, 0.25) is 0 Å². The molecule has 7 heteroatoms. The minimum absolute atomic E-state index is 0.0916. The molecule has 140 valence electrons. The lowest BCUT2D eigenvalue weighted by Gasteiger charge is -2.38. The van der Waals surface area contributed by atoms with Crippen LogP contribution >= 0.6 is 0 Å². The van der Waals surface area contributed by atoms with Crippen LogP contribution in [0.4, 0.5) is 0 Å². The molecule has 1 aliphatic rings. The van der Waals surface area contributed by atoms with Gasteiger partial charge in [-0.2, -0.15) is 8.42 Å². The minimum atomic E-state index is -3.73. The summed E-state index contributed by atoms with van der Waals surface area (Å²) in [6, 6.07) is 15.9. The maximum absolute atomic E-state index is 13.6. The van der Waals surface area contributed by atoms with Crippen molar-refractivity contribution in [1.82, 2.24) is 0 Å². The van der Waals surface area contributed by atoms with Crippen molar-refractivity contribution in [2.24, 2.45) is 0 Å². The molecule has 2 aromatic carbocycles. The number of hydrogen-bond acceptors (Lipinski definition) is 5. The SMILES string of the molecule is CS(=O)(=O)OCCC1(S(=O)(=O)c2ccccc2)CCCc2ccccc21. The summed E-state index contributed by atoms with van der Waals surface area (Å²) in [5, 5.41) is 0. The molecule has 0 radical (unpaired) electrons. The molecule has 0 saturated heterocycles. The van der Waals surface area contributed by atoms with Gasteiger partial charge < -0.3 is 0 Å². The highest BCUT2D eigenvalue weighted by Gasteiger charge is 2.48. The van der Waals surface area contributed by atoms with Gasteiger partial charge in [-0.25, -0.2) is 8.42 Å². The lowest BCUT2D eigenvalue weighted by Crippen LogP contribution is -2.40. The Morgan fingerprint density at radius 2 is 1.62 bits per heavy atom. The van der Waals surface area contributed by atoms with Gasteiger partial charge in [-0.1, -0.05) is 42.5 Å². The smallest absolute Gasteiger partial charge is 0.264 e. The highest BCUT2D eigenvalue weighted by Crippen LogP contribution is 2.47. The zero-order valence-electron chi connectivity index (χ0n) is 14.6. The molecule has 5 nitrogen and oxygen atoms in total. The Bertz CT molecular complexity index is 982. The summed E-state index contributed by atoms with van der Waals surface area (Å²) in [6.07, 6.45) is 3.04. The van der Waals surface area contributed by atoms with Crippen LogP contribution in [-0.4, -0.2) is 29.7 Å². The first-order valence-corrected chi connectivity index (χ1v) is 11.8. The van der Waals surface area contributed by atoms with Gasteiger partial charge in [0.2, 0.25) is 0 Å². The third kappa shape index (κ3) is 3.56. The van der Waals surface area contributed by atoms with Crippen molar-refractivity contribution in [2.75, 3.05) is 12.9 Å². The summed E-state index contributed by atoms with van der Waals surface area (Å²) in [5.41, 5.74) is 1.75. The quantitative estimate of drug-likeness (QED) is 0.704. The van der Waals surface area contributed by atoms with E-state index in [-0.39, 0.29) is 17.9 Å². The summed E-state index contributed by atoms with van der Waals surface area (Å²) in [7, 11) is -7.36. The minimum Gasteiger partial charge on any atom is -0.270 e. The lowest BCUT2D eigenvalue weighted by molar-refractivity contribution is 0.280. The van der Waals surface area contributed by atoms with Gasteiger partial charge in [0.05, 0.1) is 17.8 Å². The highest BCUT2D eigenvalue weighted by atomic mass is 32.2. The normalized spacial score (nSPS) is 20.5. The topological polar surface area (TPSA) is 77.5 Å². The average Bonchev–Trinajstić information content (AvgIpc) is 2.61. The molecule has 0 aliphatic heterocycles. The molecule has 3 rings (SSSR count). The van der Waals surface area contributed by atoms with Crippen LogP contribution in [0.25, 0.3) is 0 Å². The van der Waals surface area contributed by atoms with E-state index >= 15 is 0 Å². The highest BCUT2D eigenvalue weighted by molar-refractivity contribution is 7.92. The van der Waals surface area contributed by atoms with E-state index in [2.05, 4.69) is 0 Å². The number of rotatable bonds is 6. The second-order valence-electron chi connectivity index (χ2n) is 6.60. The first kappa shape index (κ1) is 19.1. The first-order chi connectivity index (χ1) is 12.3. The van der Waals surface area contributed by atoms with Crippen molar-refractivity contribution in [2.45, 2.75) is 35.3 Å². The van der Waals surface area contributed by atoms with Crippen LogP contribution in [0.5, 0.6) is 0 Å². The molecule has 0 heterocycles. The largest absolute Gasteiger partial charge is 0.270 e. The number of hydrogen-bond donors (Lipinski definition) is 0. The number of aryl methyl sites for hydroxylation is 1. The van der Waals surface area contributed by atoms with E-state index in [0.717, 1.165) is 30.2 Å². The van der Waals surface area contributed by atoms with E-state index < -0.39 is 24.7 Å². The fourth-order valence-electron chi connectivity index (χ4n) is 3.74. The number of benzene rings is 2. The van der Waals surface area contributed by atoms with Gasteiger partial charge in [0.25, 0.3) is 10.1 Å². The maximum atomic E-state index is 13.6. The number of fused-ring (bicyclic) bond motifs is 1. The van der Waals surface area contributed by atoms with E-state index in [0.29, 0.717) is 6.42 Å². The predicted molar refractivity (Wildman–Crippen MR) is 100 cm³/mol. The van der Waals surface area contributed by atoms with Crippen LogP contribution in [0.15, 0.2) is 59.5 Å². The van der Waals surface area contributed by atoms with Crippen LogP contribution in [0.3, 0.4) is 0 Å². The molecule has 0 saturated carbocycles. The monoisotopic (exact) mass is 394 g/mol. The van der Waals surface area contributed by atoms with Crippen molar-refractivity contribution in [3.63, 3.8) is 0 Å². The van der Waals surface area contributed by atoms with Gasteiger partial charge in [-0.05, 0) is 48.9 Å². The Kier molecular flexibility index (Phi) is 5.23. The van der Waals surface area contributed by atoms with Gasteiger partial charge in [0, 0.05) is 0 Å². The van der Waals surface area contributed by atoms with Crippen molar-refractivity contribution in [1.29, 1.82) is 0 Å². The molecule has 1 atom stereocenters. The molecule has 0 bridgehead atoms. The Morgan fingerprint density at radius 3 is 2.31 bits per heavy atom. The van der Waals surface area contributed by atoms with Gasteiger partial charge in [-0.3, -0.25) is 4.18 Å². The molecule has 0 aromatic heterocycles. The molecule has 2 aromatic rings. The van der Waals surface area contributed by atoms with E-state index in [1.165, 1.54) is 0 Å². The average molecular weight is 395 g/mol. The van der Waals surface area contributed by atoms with Crippen LogP contribution in [0, 0.1) is 0 Å². The van der Waals surface area contributed by atoms with Crippen molar-refractivity contribution in [3.05, 3.63) is 65.7 Å².